The fourth-order valence-corrected chi connectivity index (χ4v) is 5.32. The first-order valence-corrected chi connectivity index (χ1v) is 8.86. The molecule has 0 spiro atoms. The Morgan fingerprint density at radius 1 is 1.52 bits per heavy atom. The van der Waals surface area contributed by atoms with Crippen LogP contribution in [0, 0.1) is 11.3 Å². The number of aromatic nitrogens is 2. The summed E-state index contributed by atoms with van der Waals surface area (Å²) in [6.45, 7) is 0. The first kappa shape index (κ1) is 14.4. The summed E-state index contributed by atoms with van der Waals surface area (Å²) in [6, 6.07) is 2.09. The van der Waals surface area contributed by atoms with Gasteiger partial charge in [0.25, 0.3) is 10.0 Å². The van der Waals surface area contributed by atoms with Crippen LogP contribution in [-0.2, 0) is 29.9 Å². The number of nitrogens with one attached hydrogen (secondary N) is 1. The lowest BCUT2D eigenvalue weighted by atomic mass is 10.1. The van der Waals surface area contributed by atoms with E-state index in [2.05, 4.69) is 15.8 Å². The van der Waals surface area contributed by atoms with E-state index in [1.54, 1.807) is 7.05 Å². The van der Waals surface area contributed by atoms with E-state index in [4.69, 9.17) is 11.6 Å². The third-order valence-electron chi connectivity index (χ3n) is 3.35. The molecular formula is C12H11ClN4O2S2. The lowest BCUT2D eigenvalue weighted by Crippen LogP contribution is -2.14. The molecule has 0 aliphatic heterocycles. The van der Waals surface area contributed by atoms with Gasteiger partial charge in [0, 0.05) is 11.9 Å². The average molecular weight is 343 g/mol. The number of rotatable bonds is 3. The zero-order valence-corrected chi connectivity index (χ0v) is 13.4. The number of imidazole rings is 1. The van der Waals surface area contributed by atoms with Gasteiger partial charge in [-0.25, -0.2) is 4.98 Å². The second-order valence-corrected chi connectivity index (χ2v) is 7.79. The number of aryl methyl sites for hydroxylation is 2. The molecule has 0 aromatic carbocycles. The summed E-state index contributed by atoms with van der Waals surface area (Å²) in [5, 5.41) is 9.42. The summed E-state index contributed by atoms with van der Waals surface area (Å²) in [7, 11) is -2.29. The summed E-state index contributed by atoms with van der Waals surface area (Å²) in [5.74, 6) is 0. The highest BCUT2D eigenvalue weighted by atomic mass is 35.5. The fourth-order valence-electron chi connectivity index (χ4n) is 2.34. The molecule has 0 radical (unpaired) electrons. The first-order chi connectivity index (χ1) is 9.94. The highest BCUT2D eigenvalue weighted by molar-refractivity contribution is 7.93. The van der Waals surface area contributed by atoms with Gasteiger partial charge in [0.2, 0.25) is 5.03 Å². The second-order valence-electron chi connectivity index (χ2n) is 4.73. The molecule has 1 aliphatic rings. The van der Waals surface area contributed by atoms with E-state index in [0.717, 1.165) is 29.7 Å². The molecule has 1 aliphatic carbocycles. The van der Waals surface area contributed by atoms with Gasteiger partial charge in [-0.1, -0.05) is 11.6 Å². The van der Waals surface area contributed by atoms with Crippen LogP contribution in [0.4, 0.5) is 5.00 Å². The van der Waals surface area contributed by atoms with Gasteiger partial charge in [0.1, 0.15) is 16.2 Å². The van der Waals surface area contributed by atoms with E-state index in [-0.39, 0.29) is 10.2 Å². The molecule has 2 aromatic heterocycles. The van der Waals surface area contributed by atoms with Crippen molar-refractivity contribution < 1.29 is 8.42 Å². The predicted octanol–water partition coefficient (Wildman–Crippen LogP) is 2.30. The fraction of sp³-hybridized carbons (Fsp3) is 0.333. The number of hydrogen-bond acceptors (Lipinski definition) is 5. The van der Waals surface area contributed by atoms with Crippen molar-refractivity contribution in [1.29, 1.82) is 5.26 Å². The number of thiophene rings is 1. The molecule has 21 heavy (non-hydrogen) atoms. The maximum absolute atomic E-state index is 12.4. The van der Waals surface area contributed by atoms with Crippen LogP contribution in [0.5, 0.6) is 0 Å². The lowest BCUT2D eigenvalue weighted by molar-refractivity contribution is 0.598. The summed E-state index contributed by atoms with van der Waals surface area (Å²) in [5.41, 5.74) is 1.38. The Balaban J connectivity index is 2.01. The second kappa shape index (κ2) is 5.02. The van der Waals surface area contributed by atoms with Gasteiger partial charge in [-0.2, -0.15) is 13.7 Å². The van der Waals surface area contributed by atoms with Crippen LogP contribution in [0.15, 0.2) is 11.4 Å². The van der Waals surface area contributed by atoms with Crippen LogP contribution < -0.4 is 4.72 Å². The Kier molecular flexibility index (Phi) is 3.43. The maximum atomic E-state index is 12.4. The highest BCUT2D eigenvalue weighted by Crippen LogP contribution is 2.39. The molecule has 0 saturated heterocycles. The largest absolute Gasteiger partial charge is 0.324 e. The van der Waals surface area contributed by atoms with Crippen LogP contribution in [0.2, 0.25) is 5.15 Å². The van der Waals surface area contributed by atoms with Crippen LogP contribution in [-0.4, -0.2) is 18.0 Å². The van der Waals surface area contributed by atoms with Gasteiger partial charge in [-0.15, -0.1) is 11.3 Å². The average Bonchev–Trinajstić information content (AvgIpc) is 3.05. The van der Waals surface area contributed by atoms with Gasteiger partial charge < -0.3 is 4.57 Å². The monoisotopic (exact) mass is 342 g/mol. The minimum absolute atomic E-state index is 0.0325. The Morgan fingerprint density at radius 3 is 2.90 bits per heavy atom. The zero-order valence-electron chi connectivity index (χ0n) is 11.1. The van der Waals surface area contributed by atoms with Crippen molar-refractivity contribution in [3.63, 3.8) is 0 Å². The normalized spacial score (nSPS) is 14.0. The maximum Gasteiger partial charge on any atom is 0.283 e. The van der Waals surface area contributed by atoms with Crippen molar-refractivity contribution in [2.75, 3.05) is 4.72 Å². The van der Waals surface area contributed by atoms with Crippen LogP contribution >= 0.6 is 22.9 Å². The Morgan fingerprint density at radius 2 is 2.29 bits per heavy atom. The lowest BCUT2D eigenvalue weighted by Gasteiger charge is -2.05. The zero-order chi connectivity index (χ0) is 15.2. The third kappa shape index (κ3) is 2.31. The third-order valence-corrected chi connectivity index (χ3v) is 6.52. The molecule has 0 fully saturated rings. The number of fused-ring (bicyclic) bond motifs is 1. The van der Waals surface area contributed by atoms with Crippen LogP contribution in [0.25, 0.3) is 0 Å². The first-order valence-electron chi connectivity index (χ1n) is 6.18. The number of nitriles is 1. The number of anilines is 1. The molecule has 110 valence electrons. The van der Waals surface area contributed by atoms with E-state index in [9.17, 15) is 13.7 Å². The molecule has 2 heterocycles. The standard InChI is InChI=1S/C12H11ClN4O2S2/c1-17-6-15-12(10(17)13)21(18,19)16-11-8(5-14)7-3-2-4-9(7)20-11/h6,16H,2-4H2,1H3. The molecule has 0 unspecified atom stereocenters. The summed E-state index contributed by atoms with van der Waals surface area (Å²) >= 11 is 7.24. The molecule has 0 amide bonds. The number of nitrogens with zero attached hydrogens (tertiary/aromatic N) is 3. The van der Waals surface area contributed by atoms with Crippen molar-refractivity contribution >= 4 is 38.0 Å². The van der Waals surface area contributed by atoms with Gasteiger partial charge in [0.15, 0.2) is 0 Å². The van der Waals surface area contributed by atoms with Gasteiger partial charge >= 0.3 is 0 Å². The van der Waals surface area contributed by atoms with Crippen molar-refractivity contribution in [1.82, 2.24) is 9.55 Å². The van der Waals surface area contributed by atoms with Crippen molar-refractivity contribution in [3.8, 4) is 6.07 Å². The molecule has 0 saturated carbocycles. The molecule has 2 aromatic rings. The molecule has 0 bridgehead atoms. The Labute approximate surface area is 131 Å². The molecule has 1 N–H and O–H groups in total. The topological polar surface area (TPSA) is 87.8 Å². The summed E-state index contributed by atoms with van der Waals surface area (Å²) in [4.78, 5) is 4.88. The Bertz CT molecular complexity index is 861. The molecule has 6 nitrogen and oxygen atoms in total. The van der Waals surface area contributed by atoms with Crippen molar-refractivity contribution in [2.24, 2.45) is 7.05 Å². The van der Waals surface area contributed by atoms with E-state index >= 15 is 0 Å². The quantitative estimate of drug-likeness (QED) is 0.927. The predicted molar refractivity (Wildman–Crippen MR) is 80.1 cm³/mol. The van der Waals surface area contributed by atoms with Gasteiger partial charge in [-0.05, 0) is 24.8 Å². The Hall–Kier alpha value is -1.56. The minimum Gasteiger partial charge on any atom is -0.324 e. The number of hydrogen-bond donors (Lipinski definition) is 1. The molecule has 0 atom stereocenters. The SMILES string of the molecule is Cn1cnc(S(=O)(=O)Nc2sc3c(c2C#N)CCC3)c1Cl. The van der Waals surface area contributed by atoms with Crippen molar-refractivity contribution in [3.05, 3.63) is 27.5 Å². The van der Waals surface area contributed by atoms with Crippen LogP contribution in [0.3, 0.4) is 0 Å². The van der Waals surface area contributed by atoms with E-state index in [1.807, 2.05) is 0 Å². The van der Waals surface area contributed by atoms with Gasteiger partial charge in [0.05, 0.1) is 11.9 Å². The highest BCUT2D eigenvalue weighted by Gasteiger charge is 2.28. The summed E-state index contributed by atoms with van der Waals surface area (Å²) < 4.78 is 28.6. The molecule has 9 heteroatoms. The van der Waals surface area contributed by atoms with Crippen LogP contribution in [0.1, 0.15) is 22.4 Å². The molecule has 3 rings (SSSR count). The minimum atomic E-state index is -3.90. The number of sulfonamides is 1. The van der Waals surface area contributed by atoms with Crippen molar-refractivity contribution in [2.45, 2.75) is 24.3 Å². The molecular weight excluding hydrogens is 332 g/mol. The summed E-state index contributed by atoms with van der Waals surface area (Å²) in [6.07, 6.45) is 4.05. The van der Waals surface area contributed by atoms with E-state index in [0.29, 0.717) is 10.6 Å². The van der Waals surface area contributed by atoms with E-state index in [1.165, 1.54) is 22.2 Å². The number of halogens is 1. The van der Waals surface area contributed by atoms with E-state index < -0.39 is 10.0 Å². The smallest absolute Gasteiger partial charge is 0.283 e. The van der Waals surface area contributed by atoms with Gasteiger partial charge in [-0.3, -0.25) is 4.72 Å².